The third-order valence-corrected chi connectivity index (χ3v) is 11.6. The highest BCUT2D eigenvalue weighted by atomic mass is 16.6. The molecule has 0 saturated heterocycles. The van der Waals surface area contributed by atoms with Crippen LogP contribution < -0.4 is 0 Å². The topological polar surface area (TPSA) is 78.9 Å². The molecule has 6 nitrogen and oxygen atoms in total. The average Bonchev–Trinajstić information content (AvgIpc) is 3.27. The number of carbonyl (C=O) groups is 3. The highest BCUT2D eigenvalue weighted by molar-refractivity contribution is 5.71. The Hall–Kier alpha value is -2.63. The number of esters is 3. The second-order valence-electron chi connectivity index (χ2n) is 17.8. The summed E-state index contributed by atoms with van der Waals surface area (Å²) in [6.45, 7) is 6.49. The SMILES string of the molecule is CC/C=C\C/C=C\CCCCCCCCCC(=O)OC(COC(=O)CC/C=C\C/C=C\CCCCCCCC)COC(=O)CCCCCCCCCCCCCCCCCCC. The van der Waals surface area contributed by atoms with Gasteiger partial charge in [-0.2, -0.15) is 0 Å². The largest absolute Gasteiger partial charge is 0.462 e. The maximum Gasteiger partial charge on any atom is 0.306 e. The van der Waals surface area contributed by atoms with Crippen LogP contribution in [0.4, 0.5) is 0 Å². The van der Waals surface area contributed by atoms with Gasteiger partial charge in [-0.1, -0.05) is 236 Å². The monoisotopic (exact) mass is 869 g/mol. The smallest absolute Gasteiger partial charge is 0.306 e. The highest BCUT2D eigenvalue weighted by Crippen LogP contribution is 2.16. The maximum absolute atomic E-state index is 12.8. The molecule has 0 fully saturated rings. The summed E-state index contributed by atoms with van der Waals surface area (Å²) >= 11 is 0. The third kappa shape index (κ3) is 48.4. The molecular weight excluding hydrogens is 769 g/mol. The molecular formula is C56H100O6. The lowest BCUT2D eigenvalue weighted by Gasteiger charge is -2.18. The lowest BCUT2D eigenvalue weighted by atomic mass is 10.0. The first-order valence-corrected chi connectivity index (χ1v) is 26.6. The van der Waals surface area contributed by atoms with Crippen molar-refractivity contribution in [2.45, 2.75) is 277 Å². The molecule has 0 spiro atoms. The molecule has 1 unspecified atom stereocenters. The van der Waals surface area contributed by atoms with Crippen molar-refractivity contribution in [1.29, 1.82) is 0 Å². The van der Waals surface area contributed by atoms with Gasteiger partial charge in [-0.3, -0.25) is 14.4 Å². The normalized spacial score (nSPS) is 12.4. The average molecular weight is 869 g/mol. The molecule has 360 valence electrons. The first kappa shape index (κ1) is 59.4. The number of hydrogen-bond acceptors (Lipinski definition) is 6. The highest BCUT2D eigenvalue weighted by Gasteiger charge is 2.19. The predicted octanol–water partition coefficient (Wildman–Crippen LogP) is 17.5. The Balaban J connectivity index is 4.39. The standard InChI is InChI=1S/C56H100O6/c1-4-7-10-13-16-19-22-25-27-28-29-32-34-37-40-43-46-49-55(58)61-52-53(51-60-54(57)48-45-42-39-36-33-30-24-21-18-15-12-9-6-3)62-56(59)50-47-44-41-38-35-31-26-23-20-17-14-11-8-5-2/h8,11,17,20,30,33,39,42,53H,4-7,9-10,12-16,18-19,21-29,31-32,34-38,40-41,43-52H2,1-3H3/b11-8-,20-17-,33-30-,42-39-. The second-order valence-corrected chi connectivity index (χ2v) is 17.8. The van der Waals surface area contributed by atoms with E-state index in [1.165, 1.54) is 154 Å². The van der Waals surface area contributed by atoms with Crippen LogP contribution in [0.25, 0.3) is 0 Å². The summed E-state index contributed by atoms with van der Waals surface area (Å²) in [6.07, 6.45) is 61.1. The van der Waals surface area contributed by atoms with Crippen LogP contribution >= 0.6 is 0 Å². The fourth-order valence-corrected chi connectivity index (χ4v) is 7.59. The van der Waals surface area contributed by atoms with Crippen LogP contribution in [-0.4, -0.2) is 37.2 Å². The van der Waals surface area contributed by atoms with Gasteiger partial charge in [0.15, 0.2) is 6.10 Å². The summed E-state index contributed by atoms with van der Waals surface area (Å²) in [7, 11) is 0. The molecule has 0 aliphatic carbocycles. The molecule has 0 N–H and O–H groups in total. The number of unbranched alkanes of at least 4 members (excludes halogenated alkanes) is 29. The summed E-state index contributed by atoms with van der Waals surface area (Å²) in [4.78, 5) is 38.0. The van der Waals surface area contributed by atoms with E-state index in [-0.39, 0.29) is 37.5 Å². The van der Waals surface area contributed by atoms with E-state index in [2.05, 4.69) is 63.3 Å². The van der Waals surface area contributed by atoms with Crippen molar-refractivity contribution in [1.82, 2.24) is 0 Å². The summed E-state index contributed by atoms with van der Waals surface area (Å²) in [5.74, 6) is -0.961. The van der Waals surface area contributed by atoms with Gasteiger partial charge in [0.25, 0.3) is 0 Å². The molecule has 0 saturated carbocycles. The molecule has 0 aromatic heterocycles. The van der Waals surface area contributed by atoms with E-state index in [0.717, 1.165) is 70.6 Å². The third-order valence-electron chi connectivity index (χ3n) is 11.6. The molecule has 0 aliphatic heterocycles. The van der Waals surface area contributed by atoms with Crippen molar-refractivity contribution >= 4 is 17.9 Å². The lowest BCUT2D eigenvalue weighted by Crippen LogP contribution is -2.30. The van der Waals surface area contributed by atoms with Gasteiger partial charge < -0.3 is 14.2 Å². The van der Waals surface area contributed by atoms with Crippen molar-refractivity contribution < 1.29 is 28.6 Å². The van der Waals surface area contributed by atoms with E-state index >= 15 is 0 Å². The van der Waals surface area contributed by atoms with Crippen molar-refractivity contribution in [2.75, 3.05) is 13.2 Å². The van der Waals surface area contributed by atoms with Crippen LogP contribution in [0.15, 0.2) is 48.6 Å². The minimum Gasteiger partial charge on any atom is -0.462 e. The van der Waals surface area contributed by atoms with Gasteiger partial charge in [0.05, 0.1) is 0 Å². The van der Waals surface area contributed by atoms with Gasteiger partial charge in [0.2, 0.25) is 0 Å². The van der Waals surface area contributed by atoms with Crippen LogP contribution in [0.5, 0.6) is 0 Å². The molecule has 0 bridgehead atoms. The van der Waals surface area contributed by atoms with Crippen LogP contribution in [-0.2, 0) is 28.6 Å². The van der Waals surface area contributed by atoms with E-state index in [1.807, 2.05) is 6.08 Å². The van der Waals surface area contributed by atoms with E-state index in [1.54, 1.807) is 0 Å². The minimum absolute atomic E-state index is 0.0909. The Kier molecular flexibility index (Phi) is 48.8. The quantitative estimate of drug-likeness (QED) is 0.0262. The van der Waals surface area contributed by atoms with Gasteiger partial charge in [-0.15, -0.1) is 0 Å². The molecule has 1 atom stereocenters. The maximum atomic E-state index is 12.8. The van der Waals surface area contributed by atoms with Crippen LogP contribution in [0.1, 0.15) is 271 Å². The van der Waals surface area contributed by atoms with Crippen LogP contribution in [0, 0.1) is 0 Å². The number of ether oxygens (including phenoxy) is 3. The Labute approximate surface area is 384 Å². The number of carbonyl (C=O) groups excluding carboxylic acids is 3. The molecule has 0 amide bonds. The zero-order chi connectivity index (χ0) is 45.1. The number of rotatable bonds is 48. The first-order valence-electron chi connectivity index (χ1n) is 26.6. The van der Waals surface area contributed by atoms with Gasteiger partial charge in [0.1, 0.15) is 13.2 Å². The van der Waals surface area contributed by atoms with E-state index < -0.39 is 6.10 Å². The zero-order valence-electron chi connectivity index (χ0n) is 41.1. The number of hydrogen-bond donors (Lipinski definition) is 0. The van der Waals surface area contributed by atoms with Crippen molar-refractivity contribution in [2.24, 2.45) is 0 Å². The number of allylic oxidation sites excluding steroid dienone is 8. The summed E-state index contributed by atoms with van der Waals surface area (Å²) in [5.41, 5.74) is 0. The molecule has 0 rings (SSSR count). The zero-order valence-corrected chi connectivity index (χ0v) is 41.1. The van der Waals surface area contributed by atoms with E-state index in [4.69, 9.17) is 14.2 Å². The molecule has 0 radical (unpaired) electrons. The van der Waals surface area contributed by atoms with Gasteiger partial charge in [-0.05, 0) is 64.2 Å². The Morgan fingerprint density at radius 1 is 0.339 bits per heavy atom. The van der Waals surface area contributed by atoms with Gasteiger partial charge in [-0.25, -0.2) is 0 Å². The van der Waals surface area contributed by atoms with Crippen LogP contribution in [0.2, 0.25) is 0 Å². The molecule has 0 aromatic rings. The van der Waals surface area contributed by atoms with E-state index in [0.29, 0.717) is 19.3 Å². The van der Waals surface area contributed by atoms with Crippen molar-refractivity contribution in [3.8, 4) is 0 Å². The Morgan fingerprint density at radius 2 is 0.661 bits per heavy atom. The second kappa shape index (κ2) is 51.0. The molecule has 0 heterocycles. The summed E-state index contributed by atoms with van der Waals surface area (Å²) in [5, 5.41) is 0. The van der Waals surface area contributed by atoms with Crippen molar-refractivity contribution in [3.05, 3.63) is 48.6 Å². The van der Waals surface area contributed by atoms with E-state index in [9.17, 15) is 14.4 Å². The predicted molar refractivity (Wildman–Crippen MR) is 265 cm³/mol. The van der Waals surface area contributed by atoms with Gasteiger partial charge in [0, 0.05) is 19.3 Å². The Bertz CT molecular complexity index is 1090. The lowest BCUT2D eigenvalue weighted by molar-refractivity contribution is -0.166. The fraction of sp³-hybridized carbons (Fsp3) is 0.804. The summed E-state index contributed by atoms with van der Waals surface area (Å²) < 4.78 is 16.7. The fourth-order valence-electron chi connectivity index (χ4n) is 7.59. The van der Waals surface area contributed by atoms with Gasteiger partial charge >= 0.3 is 17.9 Å². The first-order chi connectivity index (χ1) is 30.5. The van der Waals surface area contributed by atoms with Crippen molar-refractivity contribution in [3.63, 3.8) is 0 Å². The molecule has 0 aliphatic rings. The minimum atomic E-state index is -0.796. The molecule has 62 heavy (non-hydrogen) atoms. The molecule has 0 aromatic carbocycles. The Morgan fingerprint density at radius 3 is 1.06 bits per heavy atom. The molecule has 6 heteroatoms. The summed E-state index contributed by atoms with van der Waals surface area (Å²) in [6, 6.07) is 0. The van der Waals surface area contributed by atoms with Crippen LogP contribution in [0.3, 0.4) is 0 Å².